The molecule has 0 aromatic heterocycles. The van der Waals surface area contributed by atoms with E-state index < -0.39 is 11.9 Å². The molecule has 0 aromatic carbocycles. The average molecular weight is 190 g/mol. The smallest absolute Gasteiger partial charge is 0.316 e. The van der Waals surface area contributed by atoms with Crippen LogP contribution in [0.1, 0.15) is 33.6 Å². The van der Waals surface area contributed by atoms with E-state index in [2.05, 4.69) is 0 Å². The van der Waals surface area contributed by atoms with E-state index in [0.29, 0.717) is 6.61 Å². The summed E-state index contributed by atoms with van der Waals surface area (Å²) in [5.41, 5.74) is 0. The van der Waals surface area contributed by atoms with Crippen LogP contribution in [0.15, 0.2) is 0 Å². The van der Waals surface area contributed by atoms with Crippen molar-refractivity contribution in [3.8, 4) is 0 Å². The summed E-state index contributed by atoms with van der Waals surface area (Å²) in [4.78, 5) is 21.7. The summed E-state index contributed by atoms with van der Waals surface area (Å²) in [6.07, 6.45) is 1.85. The molecular formula is C9H18O4. The summed E-state index contributed by atoms with van der Waals surface area (Å²) in [5, 5.41) is 0. The first-order valence-electron chi connectivity index (χ1n) is 4.26. The predicted molar refractivity (Wildman–Crippen MR) is 49.3 cm³/mol. The molecule has 0 spiro atoms. The summed E-state index contributed by atoms with van der Waals surface area (Å²) < 4.78 is 4.85. The lowest BCUT2D eigenvalue weighted by atomic mass is 10.1. The molecule has 0 saturated heterocycles. The molecule has 0 aliphatic rings. The Hall–Kier alpha value is -0.900. The number of carbonyl (C=O) groups is 2. The van der Waals surface area contributed by atoms with Crippen molar-refractivity contribution in [2.75, 3.05) is 6.61 Å². The molecule has 0 heterocycles. The Balaban J connectivity index is 0. The van der Waals surface area contributed by atoms with Crippen LogP contribution in [0.3, 0.4) is 0 Å². The van der Waals surface area contributed by atoms with Crippen molar-refractivity contribution in [2.24, 2.45) is 5.92 Å². The van der Waals surface area contributed by atoms with Crippen LogP contribution in [0.4, 0.5) is 0 Å². The van der Waals surface area contributed by atoms with Crippen molar-refractivity contribution >= 4 is 11.8 Å². The minimum Gasteiger partial charge on any atom is -0.465 e. The number of Topliss-reactive ketones (excluding diaryl/α,β-unsaturated/α-hetero) is 1. The number of esters is 1. The van der Waals surface area contributed by atoms with Gasteiger partial charge in [0, 0.05) is 0 Å². The summed E-state index contributed by atoms with van der Waals surface area (Å²) in [5.74, 6) is -1.16. The van der Waals surface area contributed by atoms with Crippen molar-refractivity contribution in [1.29, 1.82) is 0 Å². The van der Waals surface area contributed by atoms with E-state index in [1.807, 2.05) is 6.92 Å². The molecule has 0 rings (SSSR count). The second kappa shape index (κ2) is 7.73. The predicted octanol–water partition coefficient (Wildman–Crippen LogP) is 0.730. The van der Waals surface area contributed by atoms with Crippen LogP contribution in [-0.2, 0) is 14.3 Å². The highest BCUT2D eigenvalue weighted by atomic mass is 16.5. The maximum absolute atomic E-state index is 11.0. The average Bonchev–Trinajstić information content (AvgIpc) is 2.03. The van der Waals surface area contributed by atoms with E-state index in [-0.39, 0.29) is 11.3 Å². The Morgan fingerprint density at radius 3 is 2.31 bits per heavy atom. The minimum absolute atomic E-state index is 0. The molecule has 0 amide bonds. The van der Waals surface area contributed by atoms with Gasteiger partial charge in [-0.2, -0.15) is 0 Å². The highest BCUT2D eigenvalue weighted by Gasteiger charge is 2.18. The van der Waals surface area contributed by atoms with E-state index in [4.69, 9.17) is 4.74 Å². The number of unbranched alkanes of at least 4 members (excludes halogenated alkanes) is 1. The lowest BCUT2D eigenvalue weighted by Crippen LogP contribution is -2.21. The number of carbonyl (C=O) groups excluding carboxylic acids is 2. The highest BCUT2D eigenvalue weighted by Crippen LogP contribution is 2.00. The number of hydrogen-bond acceptors (Lipinski definition) is 3. The summed E-state index contributed by atoms with van der Waals surface area (Å²) in [6, 6.07) is 0. The number of rotatable bonds is 5. The largest absolute Gasteiger partial charge is 0.465 e. The quantitative estimate of drug-likeness (QED) is 0.364. The van der Waals surface area contributed by atoms with Gasteiger partial charge in [0.1, 0.15) is 11.7 Å². The zero-order valence-corrected chi connectivity index (χ0v) is 8.42. The van der Waals surface area contributed by atoms with E-state index in [1.54, 1.807) is 6.92 Å². The molecule has 2 N–H and O–H groups in total. The molecular weight excluding hydrogens is 172 g/mol. The lowest BCUT2D eigenvalue weighted by Gasteiger charge is -2.07. The number of ketones is 1. The SMILES string of the molecule is CCCCOC(=O)C(C)C(C)=O.O. The molecule has 13 heavy (non-hydrogen) atoms. The maximum atomic E-state index is 11.0. The van der Waals surface area contributed by atoms with E-state index in [1.165, 1.54) is 6.92 Å². The van der Waals surface area contributed by atoms with Crippen molar-refractivity contribution in [3.63, 3.8) is 0 Å². The molecule has 4 nitrogen and oxygen atoms in total. The van der Waals surface area contributed by atoms with Gasteiger partial charge in [-0.15, -0.1) is 0 Å². The van der Waals surface area contributed by atoms with Crippen LogP contribution in [0, 0.1) is 5.92 Å². The van der Waals surface area contributed by atoms with Gasteiger partial charge in [-0.1, -0.05) is 13.3 Å². The second-order valence-corrected chi connectivity index (χ2v) is 2.85. The molecule has 78 valence electrons. The normalized spacial score (nSPS) is 11.3. The first-order chi connectivity index (χ1) is 5.59. The number of hydrogen-bond donors (Lipinski definition) is 0. The molecule has 0 fully saturated rings. The van der Waals surface area contributed by atoms with Gasteiger partial charge >= 0.3 is 5.97 Å². The van der Waals surface area contributed by atoms with Gasteiger partial charge in [0.05, 0.1) is 6.61 Å². The van der Waals surface area contributed by atoms with Crippen LogP contribution < -0.4 is 0 Å². The van der Waals surface area contributed by atoms with Crippen molar-refractivity contribution in [2.45, 2.75) is 33.6 Å². The molecule has 0 aliphatic heterocycles. The fourth-order valence-electron chi connectivity index (χ4n) is 0.608. The van der Waals surface area contributed by atoms with Gasteiger partial charge < -0.3 is 10.2 Å². The van der Waals surface area contributed by atoms with Crippen LogP contribution in [0.25, 0.3) is 0 Å². The Bertz CT molecular complexity index is 165. The van der Waals surface area contributed by atoms with Crippen LogP contribution in [0.2, 0.25) is 0 Å². The van der Waals surface area contributed by atoms with Gasteiger partial charge in [0.25, 0.3) is 0 Å². The summed E-state index contributed by atoms with van der Waals surface area (Å²) in [7, 11) is 0. The van der Waals surface area contributed by atoms with Crippen molar-refractivity contribution in [1.82, 2.24) is 0 Å². The minimum atomic E-state index is -0.609. The molecule has 0 aliphatic carbocycles. The van der Waals surface area contributed by atoms with E-state index in [0.717, 1.165) is 12.8 Å². The topological polar surface area (TPSA) is 74.9 Å². The second-order valence-electron chi connectivity index (χ2n) is 2.85. The third-order valence-electron chi connectivity index (χ3n) is 1.71. The summed E-state index contributed by atoms with van der Waals surface area (Å²) >= 11 is 0. The summed E-state index contributed by atoms with van der Waals surface area (Å²) in [6.45, 7) is 5.40. The standard InChI is InChI=1S/C9H16O3.H2O/c1-4-5-6-12-9(11)7(2)8(3)10;/h7H,4-6H2,1-3H3;1H2. The molecule has 0 saturated carbocycles. The van der Waals surface area contributed by atoms with Crippen LogP contribution in [-0.4, -0.2) is 23.8 Å². The maximum Gasteiger partial charge on any atom is 0.316 e. The van der Waals surface area contributed by atoms with Gasteiger partial charge in [-0.05, 0) is 20.3 Å². The zero-order chi connectivity index (χ0) is 9.56. The number of ether oxygens (including phenoxy) is 1. The van der Waals surface area contributed by atoms with Crippen LogP contribution in [0.5, 0.6) is 0 Å². The first-order valence-corrected chi connectivity index (χ1v) is 4.26. The van der Waals surface area contributed by atoms with Crippen LogP contribution >= 0.6 is 0 Å². The van der Waals surface area contributed by atoms with Gasteiger partial charge in [-0.3, -0.25) is 9.59 Å². The lowest BCUT2D eigenvalue weighted by molar-refractivity contribution is -0.150. The fourth-order valence-corrected chi connectivity index (χ4v) is 0.608. The van der Waals surface area contributed by atoms with Crippen molar-refractivity contribution in [3.05, 3.63) is 0 Å². The van der Waals surface area contributed by atoms with Gasteiger partial charge in [-0.25, -0.2) is 0 Å². The monoisotopic (exact) mass is 190 g/mol. The molecule has 1 atom stereocenters. The first kappa shape index (κ1) is 14.6. The Morgan fingerprint density at radius 1 is 1.38 bits per heavy atom. The fraction of sp³-hybridized carbons (Fsp3) is 0.778. The zero-order valence-electron chi connectivity index (χ0n) is 8.42. The van der Waals surface area contributed by atoms with E-state index in [9.17, 15) is 9.59 Å². The Morgan fingerprint density at radius 2 is 1.92 bits per heavy atom. The van der Waals surface area contributed by atoms with Gasteiger partial charge in [0.2, 0.25) is 0 Å². The Labute approximate surface area is 78.6 Å². The van der Waals surface area contributed by atoms with E-state index >= 15 is 0 Å². The third-order valence-corrected chi connectivity index (χ3v) is 1.71. The highest BCUT2D eigenvalue weighted by molar-refractivity contribution is 5.97. The molecule has 1 unspecified atom stereocenters. The molecule has 4 heteroatoms. The molecule has 0 aromatic rings. The molecule has 0 radical (unpaired) electrons. The third kappa shape index (κ3) is 6.28. The Kier molecular flexibility index (Phi) is 8.69. The van der Waals surface area contributed by atoms with Gasteiger partial charge in [0.15, 0.2) is 0 Å². The van der Waals surface area contributed by atoms with Crippen molar-refractivity contribution < 1.29 is 19.8 Å². The molecule has 0 bridgehead atoms.